The molecule has 0 fully saturated rings. The van der Waals surface area contributed by atoms with Gasteiger partial charge in [-0.3, -0.25) is 9.59 Å². The van der Waals surface area contributed by atoms with E-state index in [0.717, 1.165) is 5.56 Å². The number of benzene rings is 1. The highest BCUT2D eigenvalue weighted by Gasteiger charge is 2.12. The smallest absolute Gasteiger partial charge is 0.308 e. The molecule has 4 nitrogen and oxygen atoms in total. The molecule has 1 aromatic rings. The minimum absolute atomic E-state index is 0.0680. The lowest BCUT2D eigenvalue weighted by molar-refractivity contribution is -0.140. The molecule has 0 heterocycles. The average Bonchev–Trinajstić information content (AvgIpc) is 2.34. The Morgan fingerprint density at radius 3 is 2.22 bits per heavy atom. The van der Waals surface area contributed by atoms with E-state index in [9.17, 15) is 9.59 Å². The van der Waals surface area contributed by atoms with E-state index in [0.29, 0.717) is 12.2 Å². The van der Waals surface area contributed by atoms with Crippen molar-refractivity contribution < 1.29 is 14.3 Å². The van der Waals surface area contributed by atoms with Crippen LogP contribution in [0.3, 0.4) is 0 Å². The normalized spacial score (nSPS) is 11.5. The number of carbonyl (C=O) groups excluding carboxylic acids is 2. The SMILES string of the molecule is CC(=O)O/C(C(C)=O)=C(/C)NCc1ccccc1. The van der Waals surface area contributed by atoms with E-state index in [1.54, 1.807) is 6.92 Å². The van der Waals surface area contributed by atoms with Crippen LogP contribution in [0.15, 0.2) is 41.8 Å². The Bertz CT molecular complexity index is 463. The molecule has 0 saturated heterocycles. The molecule has 0 aliphatic rings. The van der Waals surface area contributed by atoms with E-state index in [1.807, 2.05) is 30.3 Å². The minimum atomic E-state index is -0.499. The van der Waals surface area contributed by atoms with Crippen LogP contribution >= 0.6 is 0 Å². The highest BCUT2D eigenvalue weighted by molar-refractivity contribution is 5.94. The van der Waals surface area contributed by atoms with Crippen molar-refractivity contribution in [3.8, 4) is 0 Å². The molecular weight excluding hydrogens is 230 g/mol. The Hall–Kier alpha value is -2.10. The molecule has 1 aromatic carbocycles. The van der Waals surface area contributed by atoms with Crippen LogP contribution in [-0.2, 0) is 20.9 Å². The van der Waals surface area contributed by atoms with Gasteiger partial charge in [-0.1, -0.05) is 30.3 Å². The molecule has 0 atom stereocenters. The van der Waals surface area contributed by atoms with Crippen LogP contribution in [0.2, 0.25) is 0 Å². The zero-order valence-electron chi connectivity index (χ0n) is 10.8. The molecule has 0 spiro atoms. The Morgan fingerprint density at radius 1 is 1.11 bits per heavy atom. The van der Waals surface area contributed by atoms with Gasteiger partial charge in [0.2, 0.25) is 0 Å². The van der Waals surface area contributed by atoms with E-state index in [2.05, 4.69) is 5.32 Å². The maximum Gasteiger partial charge on any atom is 0.308 e. The molecule has 0 saturated carbocycles. The first kappa shape index (κ1) is 14.0. The molecule has 1 rings (SSSR count). The molecule has 0 amide bonds. The maximum atomic E-state index is 11.4. The van der Waals surface area contributed by atoms with Gasteiger partial charge in [0.1, 0.15) is 0 Å². The van der Waals surface area contributed by atoms with Gasteiger partial charge in [-0.05, 0) is 12.5 Å². The van der Waals surface area contributed by atoms with Gasteiger partial charge in [0, 0.05) is 20.4 Å². The highest BCUT2D eigenvalue weighted by atomic mass is 16.5. The third-order valence-corrected chi connectivity index (χ3v) is 2.31. The molecule has 0 aliphatic carbocycles. The number of hydrogen-bond acceptors (Lipinski definition) is 4. The first-order chi connectivity index (χ1) is 8.50. The zero-order chi connectivity index (χ0) is 13.5. The summed E-state index contributed by atoms with van der Waals surface area (Å²) in [6.45, 7) is 4.92. The molecule has 0 aromatic heterocycles. The van der Waals surface area contributed by atoms with Crippen LogP contribution < -0.4 is 5.32 Å². The van der Waals surface area contributed by atoms with Crippen LogP contribution in [0.4, 0.5) is 0 Å². The van der Waals surface area contributed by atoms with Gasteiger partial charge in [0.05, 0.1) is 5.70 Å². The van der Waals surface area contributed by atoms with Gasteiger partial charge in [0.25, 0.3) is 0 Å². The summed E-state index contributed by atoms with van der Waals surface area (Å²) in [7, 11) is 0. The number of Topliss-reactive ketones (excluding diaryl/α,β-unsaturated/α-hetero) is 1. The first-order valence-electron chi connectivity index (χ1n) is 5.68. The summed E-state index contributed by atoms with van der Waals surface area (Å²) >= 11 is 0. The summed E-state index contributed by atoms with van der Waals surface area (Å²) in [6.07, 6.45) is 0. The molecule has 96 valence electrons. The van der Waals surface area contributed by atoms with E-state index in [-0.39, 0.29) is 11.5 Å². The van der Waals surface area contributed by atoms with Crippen LogP contribution in [0, 0.1) is 0 Å². The summed E-state index contributed by atoms with van der Waals surface area (Å²) in [4.78, 5) is 22.3. The van der Waals surface area contributed by atoms with E-state index >= 15 is 0 Å². The van der Waals surface area contributed by atoms with Crippen molar-refractivity contribution in [2.75, 3.05) is 0 Å². The molecule has 4 heteroatoms. The number of ketones is 1. The van der Waals surface area contributed by atoms with Crippen LogP contribution in [-0.4, -0.2) is 11.8 Å². The molecule has 0 unspecified atom stereocenters. The van der Waals surface area contributed by atoms with Crippen LogP contribution in [0.25, 0.3) is 0 Å². The van der Waals surface area contributed by atoms with Crippen molar-refractivity contribution in [1.29, 1.82) is 0 Å². The van der Waals surface area contributed by atoms with E-state index in [1.165, 1.54) is 13.8 Å². The zero-order valence-corrected chi connectivity index (χ0v) is 10.8. The Balaban J connectivity index is 2.73. The van der Waals surface area contributed by atoms with Gasteiger partial charge in [-0.2, -0.15) is 0 Å². The Kier molecular flexibility index (Phi) is 5.11. The van der Waals surface area contributed by atoms with Crippen molar-refractivity contribution in [3.05, 3.63) is 47.4 Å². The van der Waals surface area contributed by atoms with Gasteiger partial charge in [-0.25, -0.2) is 0 Å². The molecule has 0 aliphatic heterocycles. The van der Waals surface area contributed by atoms with Crippen molar-refractivity contribution >= 4 is 11.8 Å². The number of ether oxygens (including phenoxy) is 1. The first-order valence-corrected chi connectivity index (χ1v) is 5.68. The summed E-state index contributed by atoms with van der Waals surface area (Å²) in [5.41, 5.74) is 1.64. The minimum Gasteiger partial charge on any atom is -0.421 e. The number of allylic oxidation sites excluding steroid dienone is 2. The third kappa shape index (κ3) is 4.41. The monoisotopic (exact) mass is 247 g/mol. The number of rotatable bonds is 5. The quantitative estimate of drug-likeness (QED) is 0.492. The fourth-order valence-electron chi connectivity index (χ4n) is 1.47. The number of esters is 1. The fourth-order valence-corrected chi connectivity index (χ4v) is 1.47. The lowest BCUT2D eigenvalue weighted by atomic mass is 10.2. The fraction of sp³-hybridized carbons (Fsp3) is 0.286. The Morgan fingerprint density at radius 2 is 1.72 bits per heavy atom. The summed E-state index contributed by atoms with van der Waals surface area (Å²) < 4.78 is 4.89. The summed E-state index contributed by atoms with van der Waals surface area (Å²) in [6, 6.07) is 9.76. The second-order valence-electron chi connectivity index (χ2n) is 3.94. The van der Waals surface area contributed by atoms with Gasteiger partial charge in [0.15, 0.2) is 11.5 Å². The van der Waals surface area contributed by atoms with E-state index < -0.39 is 5.97 Å². The average molecular weight is 247 g/mol. The van der Waals surface area contributed by atoms with E-state index in [4.69, 9.17) is 4.74 Å². The van der Waals surface area contributed by atoms with Gasteiger partial charge in [-0.15, -0.1) is 0 Å². The molecule has 1 N–H and O–H groups in total. The number of carbonyl (C=O) groups is 2. The number of nitrogens with one attached hydrogen (secondary N) is 1. The Labute approximate surface area is 107 Å². The standard InChI is InChI=1S/C14H17NO3/c1-10(14(11(2)16)18-12(3)17)15-9-13-7-5-4-6-8-13/h4-8,15H,9H2,1-3H3/b14-10-. The predicted octanol–water partition coefficient (Wildman–Crippen LogP) is 2.16. The lowest BCUT2D eigenvalue weighted by Gasteiger charge is -2.11. The van der Waals surface area contributed by atoms with Gasteiger partial charge >= 0.3 is 5.97 Å². The maximum absolute atomic E-state index is 11.4. The second kappa shape index (κ2) is 6.59. The summed E-state index contributed by atoms with van der Waals surface area (Å²) in [5, 5.41) is 3.07. The molecular formula is C14H17NO3. The van der Waals surface area contributed by atoms with Crippen LogP contribution in [0.5, 0.6) is 0 Å². The molecule has 18 heavy (non-hydrogen) atoms. The topological polar surface area (TPSA) is 55.4 Å². The van der Waals surface area contributed by atoms with Gasteiger partial charge < -0.3 is 10.1 Å². The predicted molar refractivity (Wildman–Crippen MR) is 68.4 cm³/mol. The largest absolute Gasteiger partial charge is 0.421 e. The molecule has 0 bridgehead atoms. The summed E-state index contributed by atoms with van der Waals surface area (Å²) in [5.74, 6) is -0.706. The van der Waals surface area contributed by atoms with Crippen molar-refractivity contribution in [3.63, 3.8) is 0 Å². The van der Waals surface area contributed by atoms with Crippen molar-refractivity contribution in [2.45, 2.75) is 27.3 Å². The molecule has 0 radical (unpaired) electrons. The van der Waals surface area contributed by atoms with Crippen molar-refractivity contribution in [1.82, 2.24) is 5.32 Å². The van der Waals surface area contributed by atoms with Crippen LogP contribution in [0.1, 0.15) is 26.3 Å². The second-order valence-corrected chi connectivity index (χ2v) is 3.94. The highest BCUT2D eigenvalue weighted by Crippen LogP contribution is 2.07. The third-order valence-electron chi connectivity index (χ3n) is 2.31. The number of hydrogen-bond donors (Lipinski definition) is 1. The lowest BCUT2D eigenvalue weighted by Crippen LogP contribution is -2.18. The van der Waals surface area contributed by atoms with Crippen molar-refractivity contribution in [2.24, 2.45) is 0 Å².